The van der Waals surface area contributed by atoms with Crippen LogP contribution in [0.25, 0.3) is 10.4 Å². The molecule has 3 aliphatic rings. The first-order chi connectivity index (χ1) is 11.6. The summed E-state index contributed by atoms with van der Waals surface area (Å²) in [6.45, 7) is 0.524. The van der Waals surface area contributed by atoms with Crippen LogP contribution < -0.4 is 5.32 Å². The van der Waals surface area contributed by atoms with Crippen molar-refractivity contribution in [2.75, 3.05) is 6.61 Å². The smallest absolute Gasteiger partial charge is 0.407 e. The molecule has 1 aromatic carbocycles. The molecule has 2 aliphatic carbocycles. The fourth-order valence-electron chi connectivity index (χ4n) is 4.40. The molecule has 5 rings (SSSR count). The van der Waals surface area contributed by atoms with Crippen LogP contribution in [-0.2, 0) is 17.6 Å². The van der Waals surface area contributed by atoms with Gasteiger partial charge < -0.3 is 10.1 Å². The van der Waals surface area contributed by atoms with Gasteiger partial charge in [0.15, 0.2) is 3.01 Å². The van der Waals surface area contributed by atoms with Crippen molar-refractivity contribution >= 4 is 40.0 Å². The molecule has 124 valence electrons. The molecule has 0 unspecified atom stereocenters. The molecule has 6 heteroatoms. The zero-order chi connectivity index (χ0) is 16.3. The average Bonchev–Trinajstić information content (AvgIpc) is 3.26. The number of alkyl carbamates (subject to hydrolysis) is 1. The van der Waals surface area contributed by atoms with Crippen LogP contribution in [0.5, 0.6) is 0 Å². The van der Waals surface area contributed by atoms with Gasteiger partial charge in [0, 0.05) is 0 Å². The van der Waals surface area contributed by atoms with Crippen LogP contribution in [0.15, 0.2) is 18.2 Å². The number of thiazole rings is 1. The van der Waals surface area contributed by atoms with Crippen LogP contribution in [0.3, 0.4) is 0 Å². The van der Waals surface area contributed by atoms with Gasteiger partial charge in [-0.1, -0.05) is 18.2 Å². The normalized spacial score (nSPS) is 27.7. The van der Waals surface area contributed by atoms with Crippen molar-refractivity contribution < 1.29 is 9.53 Å². The number of ether oxygens (including phenoxy) is 1. The third-order valence-corrected chi connectivity index (χ3v) is 7.42. The number of nitrogens with one attached hydrogen (secondary N) is 1. The van der Waals surface area contributed by atoms with Gasteiger partial charge in [-0.05, 0) is 77.3 Å². The number of rotatable bonds is 1. The van der Waals surface area contributed by atoms with Gasteiger partial charge in [0.25, 0.3) is 0 Å². The van der Waals surface area contributed by atoms with Crippen molar-refractivity contribution in [1.29, 1.82) is 0 Å². The van der Waals surface area contributed by atoms with Gasteiger partial charge in [-0.3, -0.25) is 0 Å². The lowest BCUT2D eigenvalue weighted by atomic mass is 9.87. The molecule has 1 N–H and O–H groups in total. The highest BCUT2D eigenvalue weighted by atomic mass is 127. The van der Waals surface area contributed by atoms with Gasteiger partial charge in [0.2, 0.25) is 0 Å². The number of halogens is 1. The van der Waals surface area contributed by atoms with Crippen LogP contribution in [0.1, 0.15) is 42.0 Å². The number of benzene rings is 1. The predicted octanol–water partition coefficient (Wildman–Crippen LogP) is 4.26. The Bertz CT molecular complexity index is 850. The van der Waals surface area contributed by atoms with Gasteiger partial charge in [-0.25, -0.2) is 9.78 Å². The van der Waals surface area contributed by atoms with Crippen molar-refractivity contribution in [3.05, 3.63) is 38.0 Å². The summed E-state index contributed by atoms with van der Waals surface area (Å²) in [6, 6.07) is 6.96. The first-order valence-electron chi connectivity index (χ1n) is 8.35. The molecule has 2 fully saturated rings. The Kier molecular flexibility index (Phi) is 3.42. The third-order valence-electron chi connectivity index (χ3n) is 5.60. The number of fused-ring (bicyclic) bond motifs is 3. The molecule has 1 saturated carbocycles. The Morgan fingerprint density at radius 3 is 3.12 bits per heavy atom. The Labute approximate surface area is 158 Å². The van der Waals surface area contributed by atoms with Crippen molar-refractivity contribution in [3.8, 4) is 10.4 Å². The summed E-state index contributed by atoms with van der Waals surface area (Å²) >= 11 is 4.12. The minimum absolute atomic E-state index is 0.126. The van der Waals surface area contributed by atoms with E-state index < -0.39 is 0 Å². The van der Waals surface area contributed by atoms with E-state index in [1.165, 1.54) is 27.3 Å². The first kappa shape index (κ1) is 15.1. The number of carbonyl (C=O) groups excluding carboxylic acids is 1. The number of amides is 1. The van der Waals surface area contributed by atoms with Crippen molar-refractivity contribution in [2.24, 2.45) is 0 Å². The van der Waals surface area contributed by atoms with Gasteiger partial charge in [0.1, 0.15) is 6.61 Å². The largest absolute Gasteiger partial charge is 0.447 e. The highest BCUT2D eigenvalue weighted by Gasteiger charge is 2.46. The third kappa shape index (κ3) is 2.37. The zero-order valence-electron chi connectivity index (χ0n) is 13.1. The number of nitrogens with zero attached hydrogens (tertiary/aromatic N) is 1. The molecule has 4 nitrogen and oxygen atoms in total. The van der Waals surface area contributed by atoms with Gasteiger partial charge in [-0.15, -0.1) is 11.3 Å². The topological polar surface area (TPSA) is 51.2 Å². The Morgan fingerprint density at radius 1 is 1.38 bits per heavy atom. The zero-order valence-corrected chi connectivity index (χ0v) is 16.1. The van der Waals surface area contributed by atoms with Crippen LogP contribution in [0, 0.1) is 3.01 Å². The van der Waals surface area contributed by atoms with E-state index in [-0.39, 0.29) is 11.6 Å². The monoisotopic (exact) mass is 452 g/mol. The molecule has 2 aromatic rings. The van der Waals surface area contributed by atoms with Crippen LogP contribution in [-0.4, -0.2) is 23.2 Å². The molecule has 1 aromatic heterocycles. The molecule has 1 aliphatic heterocycles. The van der Waals surface area contributed by atoms with E-state index in [4.69, 9.17) is 4.74 Å². The van der Waals surface area contributed by atoms with E-state index in [1.54, 1.807) is 11.3 Å². The molecule has 1 saturated heterocycles. The summed E-state index contributed by atoms with van der Waals surface area (Å²) in [5.74, 6) is 0.514. The second-order valence-electron chi connectivity index (χ2n) is 7.08. The van der Waals surface area contributed by atoms with E-state index in [9.17, 15) is 4.79 Å². The fraction of sp³-hybridized carbons (Fsp3) is 0.444. The van der Waals surface area contributed by atoms with E-state index in [1.807, 2.05) is 0 Å². The number of hydrogen-bond acceptors (Lipinski definition) is 4. The highest BCUT2D eigenvalue weighted by molar-refractivity contribution is 14.1. The maximum absolute atomic E-state index is 11.4. The quantitative estimate of drug-likeness (QED) is 0.658. The van der Waals surface area contributed by atoms with Crippen LogP contribution in [0.4, 0.5) is 4.79 Å². The lowest BCUT2D eigenvalue weighted by molar-refractivity contribution is 0.172. The number of hydrogen-bond donors (Lipinski definition) is 1. The minimum atomic E-state index is -0.256. The maximum atomic E-state index is 11.4. The van der Waals surface area contributed by atoms with E-state index in [0.29, 0.717) is 12.5 Å². The standard InChI is InChI=1S/C18H17IN2O2S/c19-16-20-14-4-2-11-7-10(1-3-13(11)15(14)24-16)12-5-6-18(8-12)9-23-17(22)21-18/h1,3,7,12H,2,4-6,8-9H2,(H,21,22)/t12-,18+/m0/s1. The average molecular weight is 452 g/mol. The van der Waals surface area contributed by atoms with E-state index >= 15 is 0 Å². The second-order valence-corrected chi connectivity index (χ2v) is 9.83. The summed E-state index contributed by atoms with van der Waals surface area (Å²) in [5, 5.41) is 3.04. The maximum Gasteiger partial charge on any atom is 0.407 e. The molecule has 0 radical (unpaired) electrons. The molecular weight excluding hydrogens is 435 g/mol. The van der Waals surface area contributed by atoms with Crippen molar-refractivity contribution in [3.63, 3.8) is 0 Å². The summed E-state index contributed by atoms with van der Waals surface area (Å²) in [7, 11) is 0. The number of carbonyl (C=O) groups is 1. The lowest BCUT2D eigenvalue weighted by Crippen LogP contribution is -2.40. The van der Waals surface area contributed by atoms with Gasteiger partial charge in [0.05, 0.1) is 16.1 Å². The predicted molar refractivity (Wildman–Crippen MR) is 101 cm³/mol. The van der Waals surface area contributed by atoms with Crippen molar-refractivity contribution in [2.45, 2.75) is 43.6 Å². The molecule has 0 bridgehead atoms. The highest BCUT2D eigenvalue weighted by Crippen LogP contribution is 2.45. The molecule has 2 atom stereocenters. The summed E-state index contributed by atoms with van der Waals surface area (Å²) in [4.78, 5) is 17.4. The summed E-state index contributed by atoms with van der Waals surface area (Å²) < 4.78 is 6.28. The first-order valence-corrected chi connectivity index (χ1v) is 10.2. The Hall–Kier alpha value is -1.15. The van der Waals surface area contributed by atoms with Crippen molar-refractivity contribution in [1.82, 2.24) is 10.3 Å². The van der Waals surface area contributed by atoms with E-state index in [0.717, 1.165) is 35.1 Å². The Balaban J connectivity index is 1.44. The SMILES string of the molecule is O=C1N[C@@]2(CC[C@H](c3ccc4c(c3)CCc3nc(I)sc3-4)C2)CO1. The van der Waals surface area contributed by atoms with Gasteiger partial charge in [-0.2, -0.15) is 0 Å². The molecule has 1 spiro atoms. The lowest BCUT2D eigenvalue weighted by Gasteiger charge is -2.21. The summed E-state index contributed by atoms with van der Waals surface area (Å²) in [5.41, 5.74) is 5.36. The molecule has 24 heavy (non-hydrogen) atoms. The number of aromatic nitrogens is 1. The van der Waals surface area contributed by atoms with Crippen LogP contribution >= 0.6 is 33.9 Å². The minimum Gasteiger partial charge on any atom is -0.447 e. The Morgan fingerprint density at radius 2 is 2.29 bits per heavy atom. The van der Waals surface area contributed by atoms with E-state index in [2.05, 4.69) is 51.1 Å². The van der Waals surface area contributed by atoms with Gasteiger partial charge >= 0.3 is 6.09 Å². The van der Waals surface area contributed by atoms with Crippen LogP contribution in [0.2, 0.25) is 0 Å². The molecular formula is C18H17IN2O2S. The second kappa shape index (κ2) is 5.42. The molecule has 2 heterocycles. The summed E-state index contributed by atoms with van der Waals surface area (Å²) in [6.07, 6.45) is 4.98. The fourth-order valence-corrected chi connectivity index (χ4v) is 6.25. The molecule has 1 amide bonds. The number of cyclic esters (lactones) is 1. The number of aryl methyl sites for hydroxylation is 2.